The van der Waals surface area contributed by atoms with Gasteiger partial charge in [0.05, 0.1) is 6.61 Å². The zero-order valence-electron chi connectivity index (χ0n) is 9.22. The topological polar surface area (TPSA) is 18.5 Å². The van der Waals surface area contributed by atoms with Crippen LogP contribution in [-0.4, -0.2) is 7.11 Å². The number of rotatable bonds is 4. The third-order valence-corrected chi connectivity index (χ3v) is 2.19. The monoisotopic (exact) mass is 214 g/mol. The van der Waals surface area contributed by atoms with Crippen molar-refractivity contribution >= 4 is 0 Å². The largest absolute Gasteiger partial charge is 0.457 e. The van der Waals surface area contributed by atoms with E-state index < -0.39 is 0 Å². The standard InChI is InChI=1S/C14H14O2/c1-15-11-12-6-5-9-14(10-12)16-13-7-3-2-4-8-13/h2-10H,11H2,1H3. The summed E-state index contributed by atoms with van der Waals surface area (Å²) >= 11 is 0. The number of hydrogen-bond donors (Lipinski definition) is 0. The minimum atomic E-state index is 0.603. The molecule has 0 fully saturated rings. The first kappa shape index (κ1) is 10.7. The number of benzene rings is 2. The molecular weight excluding hydrogens is 200 g/mol. The van der Waals surface area contributed by atoms with Gasteiger partial charge in [0.25, 0.3) is 0 Å². The van der Waals surface area contributed by atoms with E-state index in [1.807, 2.05) is 54.6 Å². The highest BCUT2D eigenvalue weighted by Gasteiger charge is 1.98. The lowest BCUT2D eigenvalue weighted by Gasteiger charge is -2.06. The third-order valence-electron chi connectivity index (χ3n) is 2.19. The van der Waals surface area contributed by atoms with Crippen molar-refractivity contribution in [1.29, 1.82) is 0 Å². The fraction of sp³-hybridized carbons (Fsp3) is 0.143. The molecule has 0 spiro atoms. The predicted molar refractivity (Wildman–Crippen MR) is 63.7 cm³/mol. The molecule has 82 valence electrons. The van der Waals surface area contributed by atoms with E-state index >= 15 is 0 Å². The molecule has 0 saturated heterocycles. The summed E-state index contributed by atoms with van der Waals surface area (Å²) in [5.41, 5.74) is 1.11. The summed E-state index contributed by atoms with van der Waals surface area (Å²) in [4.78, 5) is 0. The Morgan fingerprint density at radius 3 is 2.38 bits per heavy atom. The van der Waals surface area contributed by atoms with Gasteiger partial charge in [-0.3, -0.25) is 0 Å². The van der Waals surface area contributed by atoms with Crippen LogP contribution in [0.25, 0.3) is 0 Å². The fourth-order valence-electron chi connectivity index (χ4n) is 1.49. The summed E-state index contributed by atoms with van der Waals surface area (Å²) in [7, 11) is 1.69. The van der Waals surface area contributed by atoms with Gasteiger partial charge in [0.15, 0.2) is 0 Å². The van der Waals surface area contributed by atoms with Crippen LogP contribution in [0.5, 0.6) is 11.5 Å². The lowest BCUT2D eigenvalue weighted by Crippen LogP contribution is -1.89. The first-order chi connectivity index (χ1) is 7.88. The first-order valence-electron chi connectivity index (χ1n) is 5.19. The second-order valence-corrected chi connectivity index (χ2v) is 3.50. The van der Waals surface area contributed by atoms with E-state index in [1.165, 1.54) is 0 Å². The van der Waals surface area contributed by atoms with Crippen LogP contribution >= 0.6 is 0 Å². The highest BCUT2D eigenvalue weighted by molar-refractivity contribution is 5.33. The van der Waals surface area contributed by atoms with Crippen LogP contribution < -0.4 is 4.74 Å². The van der Waals surface area contributed by atoms with Gasteiger partial charge >= 0.3 is 0 Å². The van der Waals surface area contributed by atoms with Gasteiger partial charge in [-0.1, -0.05) is 30.3 Å². The number of para-hydroxylation sites is 1. The van der Waals surface area contributed by atoms with Crippen LogP contribution in [0.4, 0.5) is 0 Å². The summed E-state index contributed by atoms with van der Waals surface area (Å²) in [6, 6.07) is 17.6. The van der Waals surface area contributed by atoms with E-state index in [0.717, 1.165) is 17.1 Å². The Hall–Kier alpha value is -1.80. The maximum Gasteiger partial charge on any atom is 0.127 e. The van der Waals surface area contributed by atoms with Crippen molar-refractivity contribution in [1.82, 2.24) is 0 Å². The van der Waals surface area contributed by atoms with Crippen LogP contribution in [-0.2, 0) is 11.3 Å². The lowest BCUT2D eigenvalue weighted by molar-refractivity contribution is 0.184. The molecule has 2 aromatic carbocycles. The molecule has 0 radical (unpaired) electrons. The van der Waals surface area contributed by atoms with Gasteiger partial charge in [0.2, 0.25) is 0 Å². The molecule has 0 bridgehead atoms. The van der Waals surface area contributed by atoms with Crippen molar-refractivity contribution in [2.75, 3.05) is 7.11 Å². The SMILES string of the molecule is COCc1cccc(Oc2ccccc2)c1. The Labute approximate surface area is 95.4 Å². The average Bonchev–Trinajstić information content (AvgIpc) is 2.31. The second-order valence-electron chi connectivity index (χ2n) is 3.50. The van der Waals surface area contributed by atoms with Crippen molar-refractivity contribution in [2.45, 2.75) is 6.61 Å². The van der Waals surface area contributed by atoms with Gasteiger partial charge in [-0.2, -0.15) is 0 Å². The molecule has 2 nitrogen and oxygen atoms in total. The van der Waals surface area contributed by atoms with Gasteiger partial charge in [-0.15, -0.1) is 0 Å². The smallest absolute Gasteiger partial charge is 0.127 e. The fourth-order valence-corrected chi connectivity index (χ4v) is 1.49. The van der Waals surface area contributed by atoms with Crippen molar-refractivity contribution in [3.8, 4) is 11.5 Å². The van der Waals surface area contributed by atoms with Crippen LogP contribution in [0.3, 0.4) is 0 Å². The summed E-state index contributed by atoms with van der Waals surface area (Å²) in [5, 5.41) is 0. The van der Waals surface area contributed by atoms with Gasteiger partial charge in [-0.05, 0) is 29.8 Å². The zero-order chi connectivity index (χ0) is 11.2. The van der Waals surface area contributed by atoms with Crippen molar-refractivity contribution in [3.63, 3.8) is 0 Å². The molecule has 0 aliphatic rings. The maximum atomic E-state index is 5.71. The summed E-state index contributed by atoms with van der Waals surface area (Å²) in [6.45, 7) is 0.603. The molecule has 0 amide bonds. The van der Waals surface area contributed by atoms with E-state index in [2.05, 4.69) is 0 Å². The van der Waals surface area contributed by atoms with E-state index in [0.29, 0.717) is 6.61 Å². The molecule has 0 N–H and O–H groups in total. The summed E-state index contributed by atoms with van der Waals surface area (Å²) in [6.07, 6.45) is 0. The minimum Gasteiger partial charge on any atom is -0.457 e. The summed E-state index contributed by atoms with van der Waals surface area (Å²) in [5.74, 6) is 1.68. The Morgan fingerprint density at radius 1 is 0.875 bits per heavy atom. The second kappa shape index (κ2) is 5.33. The molecule has 0 aliphatic heterocycles. The van der Waals surface area contributed by atoms with Gasteiger partial charge in [-0.25, -0.2) is 0 Å². The van der Waals surface area contributed by atoms with Crippen LogP contribution in [0.15, 0.2) is 54.6 Å². The minimum absolute atomic E-state index is 0.603. The molecule has 0 saturated carbocycles. The van der Waals surface area contributed by atoms with Crippen molar-refractivity contribution < 1.29 is 9.47 Å². The Kier molecular flexibility index (Phi) is 3.57. The maximum absolute atomic E-state index is 5.71. The molecule has 0 unspecified atom stereocenters. The van der Waals surface area contributed by atoms with E-state index in [1.54, 1.807) is 7.11 Å². The van der Waals surface area contributed by atoms with E-state index in [4.69, 9.17) is 9.47 Å². The molecule has 16 heavy (non-hydrogen) atoms. The van der Waals surface area contributed by atoms with E-state index in [-0.39, 0.29) is 0 Å². The highest BCUT2D eigenvalue weighted by atomic mass is 16.5. The van der Waals surface area contributed by atoms with Crippen molar-refractivity contribution in [2.24, 2.45) is 0 Å². The predicted octanol–water partition coefficient (Wildman–Crippen LogP) is 3.63. The number of ether oxygens (including phenoxy) is 2. The van der Waals surface area contributed by atoms with E-state index in [9.17, 15) is 0 Å². The molecular formula is C14H14O2. The number of methoxy groups -OCH3 is 1. The van der Waals surface area contributed by atoms with Crippen LogP contribution in [0.2, 0.25) is 0 Å². The Morgan fingerprint density at radius 2 is 1.62 bits per heavy atom. The zero-order valence-corrected chi connectivity index (χ0v) is 9.22. The summed E-state index contributed by atoms with van der Waals surface area (Å²) < 4.78 is 10.8. The van der Waals surface area contributed by atoms with Crippen molar-refractivity contribution in [3.05, 3.63) is 60.2 Å². The van der Waals surface area contributed by atoms with Gasteiger partial charge < -0.3 is 9.47 Å². The molecule has 0 heterocycles. The lowest BCUT2D eigenvalue weighted by atomic mass is 10.2. The Bertz CT molecular complexity index is 437. The molecule has 0 aromatic heterocycles. The first-order valence-corrected chi connectivity index (χ1v) is 5.19. The molecule has 2 heteroatoms. The Balaban J connectivity index is 2.12. The molecule has 0 atom stereocenters. The molecule has 2 aromatic rings. The highest BCUT2D eigenvalue weighted by Crippen LogP contribution is 2.21. The normalized spacial score (nSPS) is 10.1. The quantitative estimate of drug-likeness (QED) is 0.773. The third kappa shape index (κ3) is 2.84. The van der Waals surface area contributed by atoms with Crippen LogP contribution in [0, 0.1) is 0 Å². The molecule has 0 aliphatic carbocycles. The number of hydrogen-bond acceptors (Lipinski definition) is 2. The van der Waals surface area contributed by atoms with Gasteiger partial charge in [0.1, 0.15) is 11.5 Å². The van der Waals surface area contributed by atoms with Crippen LogP contribution in [0.1, 0.15) is 5.56 Å². The average molecular weight is 214 g/mol. The molecule has 2 rings (SSSR count). The van der Waals surface area contributed by atoms with Gasteiger partial charge in [0, 0.05) is 7.11 Å².